The van der Waals surface area contributed by atoms with Crippen molar-refractivity contribution < 1.29 is 22.7 Å². The van der Waals surface area contributed by atoms with Gasteiger partial charge in [-0.2, -0.15) is 0 Å². The minimum atomic E-state index is -1.09. The van der Waals surface area contributed by atoms with E-state index in [1.807, 2.05) is 0 Å². The summed E-state index contributed by atoms with van der Waals surface area (Å²) in [5, 5.41) is 3.57. The number of fused-ring (bicyclic) bond motifs is 1. The van der Waals surface area contributed by atoms with E-state index in [0.29, 0.717) is 35.1 Å². The number of hydrogen-bond acceptors (Lipinski definition) is 7. The molecule has 0 amide bonds. The smallest absolute Gasteiger partial charge is 0.201 e. The first-order valence-electron chi connectivity index (χ1n) is 10.8. The molecule has 3 N–H and O–H groups in total. The fraction of sp³-hybridized carbons (Fsp3) is 0.208. The monoisotopic (exact) mass is 499 g/mol. The maximum atomic E-state index is 15.4. The van der Waals surface area contributed by atoms with Crippen molar-refractivity contribution in [2.75, 3.05) is 23.7 Å². The Kier molecular flexibility index (Phi) is 6.25. The molecule has 180 valence electrons. The van der Waals surface area contributed by atoms with Gasteiger partial charge in [-0.25, -0.2) is 23.1 Å². The van der Waals surface area contributed by atoms with Gasteiger partial charge in [-0.1, -0.05) is 0 Å². The SMILES string of the molecule is COc1ccc(SNc2ccc(F)c(C(=O)c3c[nH]c4ncnc(NCC5CC5)c34)c2F)c(F)c1. The highest BCUT2D eigenvalue weighted by molar-refractivity contribution is 8.00. The van der Waals surface area contributed by atoms with Crippen LogP contribution in [0, 0.1) is 23.4 Å². The number of methoxy groups -OCH3 is 1. The summed E-state index contributed by atoms with van der Waals surface area (Å²) in [7, 11) is 1.41. The van der Waals surface area contributed by atoms with E-state index in [0.717, 1.165) is 36.9 Å². The molecule has 1 fully saturated rings. The standard InChI is InChI=1S/C24H20F3N5O2S/c1-34-13-4-7-18(16(26)8-13)35-32-17-6-5-15(25)20(21(17)27)22(33)14-10-29-24-19(14)23(30-11-31-24)28-9-12-2-3-12/h4-8,10-12,32H,2-3,9H2,1H3,(H2,28,29,30,31). The second-order valence-corrected chi connectivity index (χ2v) is 8.93. The lowest BCUT2D eigenvalue weighted by Crippen LogP contribution is -2.11. The molecular formula is C24H20F3N5O2S. The molecule has 2 heterocycles. The first-order valence-corrected chi connectivity index (χ1v) is 11.6. The van der Waals surface area contributed by atoms with E-state index in [1.165, 1.54) is 31.8 Å². The zero-order valence-corrected chi connectivity index (χ0v) is 19.3. The average molecular weight is 500 g/mol. The first-order chi connectivity index (χ1) is 17.0. The number of ketones is 1. The summed E-state index contributed by atoms with van der Waals surface area (Å²) in [6.07, 6.45) is 4.96. The van der Waals surface area contributed by atoms with Crippen LogP contribution in [0.15, 0.2) is 47.8 Å². The molecule has 0 radical (unpaired) electrons. The van der Waals surface area contributed by atoms with Gasteiger partial charge in [-0.3, -0.25) is 4.79 Å². The van der Waals surface area contributed by atoms with Gasteiger partial charge < -0.3 is 19.8 Å². The Hall–Kier alpha value is -3.73. The van der Waals surface area contributed by atoms with Gasteiger partial charge in [0.1, 0.15) is 35.2 Å². The Morgan fingerprint density at radius 1 is 1.17 bits per heavy atom. The lowest BCUT2D eigenvalue weighted by Gasteiger charge is -2.12. The quantitative estimate of drug-likeness (QED) is 0.205. The van der Waals surface area contributed by atoms with Crippen molar-refractivity contribution in [2.24, 2.45) is 5.92 Å². The van der Waals surface area contributed by atoms with Crippen LogP contribution in [0.1, 0.15) is 28.8 Å². The molecule has 4 aromatic rings. The number of ether oxygens (including phenoxy) is 1. The number of benzene rings is 2. The summed E-state index contributed by atoms with van der Waals surface area (Å²) in [4.78, 5) is 24.7. The van der Waals surface area contributed by atoms with Crippen molar-refractivity contribution in [3.8, 4) is 5.75 Å². The molecule has 0 aliphatic heterocycles. The molecule has 35 heavy (non-hydrogen) atoms. The zero-order chi connectivity index (χ0) is 24.5. The van der Waals surface area contributed by atoms with Crippen molar-refractivity contribution >= 4 is 40.3 Å². The molecule has 1 aliphatic carbocycles. The molecule has 2 aromatic heterocycles. The summed E-state index contributed by atoms with van der Waals surface area (Å²) >= 11 is 0.787. The fourth-order valence-corrected chi connectivity index (χ4v) is 4.28. The zero-order valence-electron chi connectivity index (χ0n) is 18.5. The highest BCUT2D eigenvalue weighted by atomic mass is 32.2. The fourth-order valence-electron chi connectivity index (χ4n) is 3.61. The van der Waals surface area contributed by atoms with Crippen LogP contribution < -0.4 is 14.8 Å². The van der Waals surface area contributed by atoms with Crippen molar-refractivity contribution in [3.63, 3.8) is 0 Å². The van der Waals surface area contributed by atoms with Crippen LogP contribution in [0.3, 0.4) is 0 Å². The van der Waals surface area contributed by atoms with E-state index >= 15 is 4.39 Å². The molecule has 0 bridgehead atoms. The van der Waals surface area contributed by atoms with Gasteiger partial charge in [0.25, 0.3) is 0 Å². The number of halogens is 3. The number of aromatic nitrogens is 3. The van der Waals surface area contributed by atoms with Gasteiger partial charge in [0.05, 0.1) is 34.2 Å². The van der Waals surface area contributed by atoms with Gasteiger partial charge >= 0.3 is 0 Å². The van der Waals surface area contributed by atoms with Crippen LogP contribution in [0.25, 0.3) is 11.0 Å². The van der Waals surface area contributed by atoms with Crippen molar-refractivity contribution in [2.45, 2.75) is 17.7 Å². The Bertz CT molecular complexity index is 1420. The lowest BCUT2D eigenvalue weighted by atomic mass is 10.0. The van der Waals surface area contributed by atoms with Crippen molar-refractivity contribution in [1.29, 1.82) is 0 Å². The number of nitrogens with one attached hydrogen (secondary N) is 3. The minimum Gasteiger partial charge on any atom is -0.497 e. The normalized spacial score (nSPS) is 13.1. The number of carbonyl (C=O) groups is 1. The number of anilines is 2. The third kappa shape index (κ3) is 4.63. The van der Waals surface area contributed by atoms with Gasteiger partial charge in [0.15, 0.2) is 5.82 Å². The number of hydrogen-bond donors (Lipinski definition) is 3. The van der Waals surface area contributed by atoms with Crippen molar-refractivity contribution in [3.05, 3.63) is 71.4 Å². The van der Waals surface area contributed by atoms with Gasteiger partial charge in [-0.05, 0) is 55.0 Å². The largest absolute Gasteiger partial charge is 0.497 e. The highest BCUT2D eigenvalue weighted by Crippen LogP contribution is 2.33. The molecule has 1 aliphatic rings. The number of H-pyrrole nitrogens is 1. The number of nitrogens with zero attached hydrogens (tertiary/aromatic N) is 2. The summed E-state index contributed by atoms with van der Waals surface area (Å²) in [6, 6.07) is 6.34. The highest BCUT2D eigenvalue weighted by Gasteiger charge is 2.27. The van der Waals surface area contributed by atoms with Crippen LogP contribution in [-0.4, -0.2) is 34.4 Å². The molecular weight excluding hydrogens is 479 g/mol. The molecule has 7 nitrogen and oxygen atoms in total. The van der Waals surface area contributed by atoms with Crippen LogP contribution in [0.2, 0.25) is 0 Å². The van der Waals surface area contributed by atoms with Gasteiger partial charge in [0, 0.05) is 18.8 Å². The Morgan fingerprint density at radius 2 is 2.00 bits per heavy atom. The third-order valence-electron chi connectivity index (χ3n) is 5.70. The summed E-state index contributed by atoms with van der Waals surface area (Å²) < 4.78 is 51.9. The number of carbonyl (C=O) groups excluding carboxylic acids is 1. The van der Waals surface area contributed by atoms with Crippen molar-refractivity contribution in [1.82, 2.24) is 15.0 Å². The van der Waals surface area contributed by atoms with E-state index in [2.05, 4.69) is 25.0 Å². The first kappa shape index (κ1) is 23.0. The third-order valence-corrected chi connectivity index (χ3v) is 6.57. The predicted octanol–water partition coefficient (Wildman–Crippen LogP) is 5.56. The molecule has 5 rings (SSSR count). The molecule has 0 saturated heterocycles. The second-order valence-electron chi connectivity index (χ2n) is 8.09. The Balaban J connectivity index is 1.44. The van der Waals surface area contributed by atoms with Crippen LogP contribution in [0.5, 0.6) is 5.75 Å². The topological polar surface area (TPSA) is 91.9 Å². The van der Waals surface area contributed by atoms with Crippen LogP contribution in [-0.2, 0) is 0 Å². The van der Waals surface area contributed by atoms with Gasteiger partial charge in [0.2, 0.25) is 5.78 Å². The minimum absolute atomic E-state index is 0.0442. The maximum Gasteiger partial charge on any atom is 0.201 e. The van der Waals surface area contributed by atoms with E-state index in [-0.39, 0.29) is 16.1 Å². The molecule has 0 unspecified atom stereocenters. The molecule has 11 heteroatoms. The number of rotatable bonds is 9. The molecule has 2 aromatic carbocycles. The van der Waals surface area contributed by atoms with E-state index in [9.17, 15) is 13.6 Å². The maximum absolute atomic E-state index is 15.4. The lowest BCUT2D eigenvalue weighted by molar-refractivity contribution is 0.103. The summed E-state index contributed by atoms with van der Waals surface area (Å²) in [6.45, 7) is 0.687. The van der Waals surface area contributed by atoms with E-state index in [1.54, 1.807) is 6.07 Å². The number of aromatic amines is 1. The molecule has 1 saturated carbocycles. The summed E-state index contributed by atoms with van der Waals surface area (Å²) in [5.41, 5.74) is -0.480. The van der Waals surface area contributed by atoms with E-state index < -0.39 is 28.8 Å². The Labute approximate surface area is 202 Å². The second kappa shape index (κ2) is 9.49. The van der Waals surface area contributed by atoms with Crippen LogP contribution >= 0.6 is 11.9 Å². The van der Waals surface area contributed by atoms with Gasteiger partial charge in [-0.15, -0.1) is 0 Å². The predicted molar refractivity (Wildman–Crippen MR) is 127 cm³/mol. The molecule has 0 spiro atoms. The average Bonchev–Trinajstić information content (AvgIpc) is 3.58. The van der Waals surface area contributed by atoms with E-state index in [4.69, 9.17) is 4.74 Å². The van der Waals surface area contributed by atoms with Crippen LogP contribution in [0.4, 0.5) is 24.7 Å². The Morgan fingerprint density at radius 3 is 2.74 bits per heavy atom. The molecule has 0 atom stereocenters. The summed E-state index contributed by atoms with van der Waals surface area (Å²) in [5.74, 6) is -2.24.